The molecule has 1 heterocycles. The molecule has 1 aliphatic rings. The van der Waals surface area contributed by atoms with Gasteiger partial charge in [-0.1, -0.05) is 12.1 Å². The van der Waals surface area contributed by atoms with Crippen LogP contribution in [0.2, 0.25) is 0 Å². The number of amides is 2. The number of carbonyl (C=O) groups excluding carboxylic acids is 2. The van der Waals surface area contributed by atoms with Gasteiger partial charge < -0.3 is 19.3 Å². The molecule has 186 valence electrons. The fourth-order valence-corrected chi connectivity index (χ4v) is 3.97. The van der Waals surface area contributed by atoms with E-state index in [1.807, 2.05) is 20.8 Å². The third-order valence-corrected chi connectivity index (χ3v) is 5.75. The van der Waals surface area contributed by atoms with E-state index in [-0.39, 0.29) is 24.0 Å². The predicted octanol–water partition coefficient (Wildman–Crippen LogP) is 5.23. The summed E-state index contributed by atoms with van der Waals surface area (Å²) in [5.74, 6) is -2.57. The number of piperidine rings is 1. The Labute approximate surface area is 194 Å². The molecule has 0 radical (unpaired) electrons. The van der Waals surface area contributed by atoms with Crippen molar-refractivity contribution in [2.45, 2.75) is 64.1 Å². The lowest BCUT2D eigenvalue weighted by Crippen LogP contribution is -2.42. The molecule has 0 saturated carbocycles. The van der Waals surface area contributed by atoms with Crippen LogP contribution in [0.25, 0.3) is 0 Å². The van der Waals surface area contributed by atoms with Crippen LogP contribution < -0.4 is 4.74 Å². The molecule has 1 unspecified atom stereocenters. The fraction of sp³-hybridized carbons (Fsp3) is 0.667. The van der Waals surface area contributed by atoms with E-state index < -0.39 is 23.6 Å². The minimum atomic E-state index is -4.70. The smallest absolute Gasteiger partial charge is 0.410 e. The highest BCUT2D eigenvalue weighted by Gasteiger charge is 2.47. The number of rotatable bonds is 7. The lowest BCUT2D eigenvalue weighted by molar-refractivity contribution is -0.171. The molecule has 9 heteroatoms. The number of likely N-dealkylation sites (tertiary alicyclic amines) is 1. The van der Waals surface area contributed by atoms with Crippen molar-refractivity contribution in [1.82, 2.24) is 9.80 Å². The van der Waals surface area contributed by atoms with Crippen LogP contribution in [0.3, 0.4) is 0 Å². The van der Waals surface area contributed by atoms with E-state index in [0.717, 1.165) is 24.2 Å². The monoisotopic (exact) mass is 472 g/mol. The van der Waals surface area contributed by atoms with E-state index >= 15 is 0 Å². The Hall–Kier alpha value is -2.45. The van der Waals surface area contributed by atoms with Crippen molar-refractivity contribution in [3.63, 3.8) is 0 Å². The maximum absolute atomic E-state index is 13.7. The molecule has 1 aliphatic heterocycles. The molecule has 1 atom stereocenters. The third kappa shape index (κ3) is 8.12. The molecule has 0 N–H and O–H groups in total. The Morgan fingerprint density at radius 3 is 2.36 bits per heavy atom. The average Bonchev–Trinajstić information content (AvgIpc) is 2.72. The van der Waals surface area contributed by atoms with Crippen LogP contribution >= 0.6 is 0 Å². The molecule has 2 amide bonds. The predicted molar refractivity (Wildman–Crippen MR) is 119 cm³/mol. The second kappa shape index (κ2) is 11.1. The minimum Gasteiger partial charge on any atom is -0.497 e. The Kier molecular flexibility index (Phi) is 9.03. The summed E-state index contributed by atoms with van der Waals surface area (Å²) in [6.07, 6.45) is -2.01. The van der Waals surface area contributed by atoms with Gasteiger partial charge in [0.1, 0.15) is 11.4 Å². The van der Waals surface area contributed by atoms with E-state index in [1.54, 1.807) is 11.0 Å². The van der Waals surface area contributed by atoms with Gasteiger partial charge >= 0.3 is 12.3 Å². The SMILES string of the molecule is COc1cccc(C(C(=O)N(C)CCCC2CCN(C(=O)OC(C)(C)C)CC2)C(F)(F)F)c1. The molecule has 1 aromatic rings. The molecular weight excluding hydrogens is 437 g/mol. The molecule has 2 rings (SSSR count). The summed E-state index contributed by atoms with van der Waals surface area (Å²) in [7, 11) is 2.78. The first-order valence-electron chi connectivity index (χ1n) is 11.3. The molecule has 1 fully saturated rings. The fourth-order valence-electron chi connectivity index (χ4n) is 3.97. The van der Waals surface area contributed by atoms with Crippen molar-refractivity contribution in [3.05, 3.63) is 29.8 Å². The maximum atomic E-state index is 13.7. The largest absolute Gasteiger partial charge is 0.497 e. The molecule has 0 bridgehead atoms. The summed E-state index contributed by atoms with van der Waals surface area (Å²) in [4.78, 5) is 27.7. The van der Waals surface area contributed by atoms with Gasteiger partial charge in [0.2, 0.25) is 5.91 Å². The number of halogens is 3. The quantitative estimate of drug-likeness (QED) is 0.546. The van der Waals surface area contributed by atoms with Crippen molar-refractivity contribution in [2.75, 3.05) is 33.8 Å². The third-order valence-electron chi connectivity index (χ3n) is 5.75. The zero-order valence-electron chi connectivity index (χ0n) is 20.1. The summed E-state index contributed by atoms with van der Waals surface area (Å²) < 4.78 is 51.6. The molecule has 0 spiro atoms. The number of hydrogen-bond acceptors (Lipinski definition) is 4. The standard InChI is InChI=1S/C24H35F3N2O4/c1-23(2,3)33-22(31)29-14-11-17(12-15-29)8-7-13-28(4)21(30)20(24(25,26)27)18-9-6-10-19(16-18)32-5/h6,9-10,16-17,20H,7-8,11-15H2,1-5H3. The molecule has 33 heavy (non-hydrogen) atoms. The van der Waals surface area contributed by atoms with E-state index in [1.165, 1.54) is 32.4 Å². The number of benzene rings is 1. The van der Waals surface area contributed by atoms with Gasteiger partial charge in [0, 0.05) is 26.7 Å². The van der Waals surface area contributed by atoms with Crippen LogP contribution in [0.5, 0.6) is 5.75 Å². The number of nitrogens with zero attached hydrogens (tertiary/aromatic N) is 2. The zero-order valence-corrected chi connectivity index (χ0v) is 20.1. The summed E-state index contributed by atoms with van der Waals surface area (Å²) in [5, 5.41) is 0. The van der Waals surface area contributed by atoms with Crippen LogP contribution in [0.4, 0.5) is 18.0 Å². The first kappa shape index (κ1) is 26.8. The second-order valence-electron chi connectivity index (χ2n) is 9.56. The normalized spacial score (nSPS) is 16.3. The number of alkyl halides is 3. The molecule has 1 aromatic carbocycles. The topological polar surface area (TPSA) is 59.1 Å². The van der Waals surface area contributed by atoms with Gasteiger partial charge in [0.05, 0.1) is 7.11 Å². The van der Waals surface area contributed by atoms with Gasteiger partial charge in [0.25, 0.3) is 0 Å². The van der Waals surface area contributed by atoms with Crippen LogP contribution in [0.15, 0.2) is 24.3 Å². The molecular formula is C24H35F3N2O4. The van der Waals surface area contributed by atoms with Gasteiger partial charge in [-0.05, 0) is 70.1 Å². The highest BCUT2D eigenvalue weighted by Crippen LogP contribution is 2.37. The first-order chi connectivity index (χ1) is 15.3. The number of ether oxygens (including phenoxy) is 2. The highest BCUT2D eigenvalue weighted by atomic mass is 19.4. The van der Waals surface area contributed by atoms with Crippen molar-refractivity contribution in [1.29, 1.82) is 0 Å². The molecule has 0 aliphatic carbocycles. The van der Waals surface area contributed by atoms with E-state index in [4.69, 9.17) is 9.47 Å². The number of hydrogen-bond donors (Lipinski definition) is 0. The van der Waals surface area contributed by atoms with Gasteiger partial charge in [0.15, 0.2) is 5.92 Å². The number of likely N-dealkylation sites (N-methyl/N-ethyl adjacent to an activating group) is 1. The first-order valence-corrected chi connectivity index (χ1v) is 11.3. The highest BCUT2D eigenvalue weighted by molar-refractivity contribution is 5.84. The maximum Gasteiger partial charge on any atom is 0.410 e. The zero-order chi connectivity index (χ0) is 24.8. The van der Waals surface area contributed by atoms with Crippen molar-refractivity contribution >= 4 is 12.0 Å². The Morgan fingerprint density at radius 2 is 1.82 bits per heavy atom. The van der Waals surface area contributed by atoms with Crippen LogP contribution in [0.1, 0.15) is 57.9 Å². The van der Waals surface area contributed by atoms with E-state index in [2.05, 4.69) is 0 Å². The van der Waals surface area contributed by atoms with Crippen LogP contribution in [-0.2, 0) is 9.53 Å². The molecule has 6 nitrogen and oxygen atoms in total. The van der Waals surface area contributed by atoms with Gasteiger partial charge in [-0.25, -0.2) is 4.79 Å². The van der Waals surface area contributed by atoms with Crippen LogP contribution in [-0.4, -0.2) is 67.4 Å². The van der Waals surface area contributed by atoms with Crippen LogP contribution in [0, 0.1) is 5.92 Å². The van der Waals surface area contributed by atoms with E-state index in [9.17, 15) is 22.8 Å². The van der Waals surface area contributed by atoms with Gasteiger partial charge in [-0.15, -0.1) is 0 Å². The lowest BCUT2D eigenvalue weighted by atomic mass is 9.92. The Balaban J connectivity index is 1.86. The average molecular weight is 473 g/mol. The van der Waals surface area contributed by atoms with Crippen molar-refractivity contribution in [3.8, 4) is 5.75 Å². The number of carbonyl (C=O) groups is 2. The second-order valence-corrected chi connectivity index (χ2v) is 9.56. The Morgan fingerprint density at radius 1 is 1.18 bits per heavy atom. The summed E-state index contributed by atoms with van der Waals surface area (Å²) >= 11 is 0. The summed E-state index contributed by atoms with van der Waals surface area (Å²) in [5.41, 5.74) is -0.669. The van der Waals surface area contributed by atoms with Gasteiger partial charge in [-0.2, -0.15) is 13.2 Å². The molecule has 1 saturated heterocycles. The van der Waals surface area contributed by atoms with E-state index in [0.29, 0.717) is 25.4 Å². The summed E-state index contributed by atoms with van der Waals surface area (Å²) in [6.45, 7) is 6.91. The van der Waals surface area contributed by atoms with Gasteiger partial charge in [-0.3, -0.25) is 4.79 Å². The Bertz CT molecular complexity index is 800. The number of methoxy groups -OCH3 is 1. The van der Waals surface area contributed by atoms with Crippen molar-refractivity contribution < 1.29 is 32.2 Å². The molecule has 0 aromatic heterocycles. The lowest BCUT2D eigenvalue weighted by Gasteiger charge is -2.33. The minimum absolute atomic E-state index is 0.131. The van der Waals surface area contributed by atoms with Crippen molar-refractivity contribution in [2.24, 2.45) is 5.92 Å². The summed E-state index contributed by atoms with van der Waals surface area (Å²) in [6, 6.07) is 5.54.